The monoisotopic (exact) mass is 269 g/mol. The number of rotatable bonds is 5. The molecule has 2 rings (SSSR count). The van der Waals surface area contributed by atoms with Gasteiger partial charge in [0.1, 0.15) is 0 Å². The number of aliphatic hydroxyl groups is 2. The van der Waals surface area contributed by atoms with Crippen LogP contribution >= 0.6 is 11.6 Å². The molecule has 0 radical (unpaired) electrons. The Kier molecular flexibility index (Phi) is 4.87. The smallest absolute Gasteiger partial charge is 0.0696 e. The first-order valence-electron chi connectivity index (χ1n) is 6.53. The Morgan fingerprint density at radius 2 is 1.94 bits per heavy atom. The molecule has 1 aliphatic rings. The summed E-state index contributed by atoms with van der Waals surface area (Å²) in [5.41, 5.74) is 1.79. The van der Waals surface area contributed by atoms with Gasteiger partial charge in [-0.15, -0.1) is 0 Å². The highest BCUT2D eigenvalue weighted by Crippen LogP contribution is 2.30. The predicted molar refractivity (Wildman–Crippen MR) is 74.1 cm³/mol. The first-order valence-corrected chi connectivity index (χ1v) is 6.91. The molecular weight excluding hydrogens is 250 g/mol. The highest BCUT2D eigenvalue weighted by atomic mass is 35.5. The molecular formula is C14H20ClNO2. The maximum Gasteiger partial charge on any atom is 0.0696 e. The molecule has 3 nitrogen and oxygen atoms in total. The number of hydrogen-bond acceptors (Lipinski definition) is 3. The molecule has 0 amide bonds. The minimum absolute atomic E-state index is 0.0391. The minimum atomic E-state index is -0.0391. The first kappa shape index (κ1) is 13.7. The van der Waals surface area contributed by atoms with Crippen LogP contribution in [0.25, 0.3) is 0 Å². The van der Waals surface area contributed by atoms with E-state index in [1.54, 1.807) is 0 Å². The van der Waals surface area contributed by atoms with Crippen LogP contribution in [0.3, 0.4) is 0 Å². The standard InChI is InChI=1S/C14H20ClNO2/c15-14-9-13(6-5-11(14)10-18)16(7-8-17)12-3-1-2-4-12/h5-6,9,12,17-18H,1-4,7-8,10H2. The average Bonchev–Trinajstić information content (AvgIpc) is 2.89. The van der Waals surface area contributed by atoms with E-state index in [-0.39, 0.29) is 13.2 Å². The second-order valence-electron chi connectivity index (χ2n) is 4.79. The van der Waals surface area contributed by atoms with Crippen molar-refractivity contribution in [3.63, 3.8) is 0 Å². The molecule has 4 heteroatoms. The third kappa shape index (κ3) is 2.97. The van der Waals surface area contributed by atoms with Gasteiger partial charge in [0.15, 0.2) is 0 Å². The fourth-order valence-corrected chi connectivity index (χ4v) is 2.92. The molecule has 0 spiro atoms. The Bertz CT molecular complexity index is 391. The third-order valence-corrected chi connectivity index (χ3v) is 4.00. The zero-order chi connectivity index (χ0) is 13.0. The summed E-state index contributed by atoms with van der Waals surface area (Å²) < 4.78 is 0. The Hall–Kier alpha value is -0.770. The van der Waals surface area contributed by atoms with Gasteiger partial charge in [-0.1, -0.05) is 30.5 Å². The van der Waals surface area contributed by atoms with Gasteiger partial charge in [0.2, 0.25) is 0 Å². The fraction of sp³-hybridized carbons (Fsp3) is 0.571. The number of aliphatic hydroxyl groups excluding tert-OH is 2. The minimum Gasteiger partial charge on any atom is -0.395 e. The zero-order valence-corrected chi connectivity index (χ0v) is 11.2. The van der Waals surface area contributed by atoms with Crippen molar-refractivity contribution < 1.29 is 10.2 Å². The van der Waals surface area contributed by atoms with Crippen LogP contribution in [-0.4, -0.2) is 29.4 Å². The van der Waals surface area contributed by atoms with Gasteiger partial charge in [-0.25, -0.2) is 0 Å². The number of anilines is 1. The predicted octanol–water partition coefficient (Wildman–Crippen LogP) is 2.57. The van der Waals surface area contributed by atoms with Gasteiger partial charge in [0.05, 0.1) is 13.2 Å². The van der Waals surface area contributed by atoms with Crippen molar-refractivity contribution in [1.29, 1.82) is 0 Å². The van der Waals surface area contributed by atoms with Crippen molar-refractivity contribution in [2.75, 3.05) is 18.1 Å². The van der Waals surface area contributed by atoms with E-state index in [1.807, 2.05) is 18.2 Å². The van der Waals surface area contributed by atoms with Crippen LogP contribution < -0.4 is 4.90 Å². The largest absolute Gasteiger partial charge is 0.395 e. The molecule has 18 heavy (non-hydrogen) atoms. The van der Waals surface area contributed by atoms with Gasteiger partial charge in [-0.3, -0.25) is 0 Å². The summed E-state index contributed by atoms with van der Waals surface area (Å²) >= 11 is 6.13. The summed E-state index contributed by atoms with van der Waals surface area (Å²) in [6.07, 6.45) is 4.88. The number of hydrogen-bond donors (Lipinski definition) is 2. The lowest BCUT2D eigenvalue weighted by Gasteiger charge is -2.31. The number of benzene rings is 1. The van der Waals surface area contributed by atoms with E-state index in [0.29, 0.717) is 17.6 Å². The van der Waals surface area contributed by atoms with E-state index >= 15 is 0 Å². The second kappa shape index (κ2) is 6.41. The summed E-state index contributed by atoms with van der Waals surface area (Å²) in [6, 6.07) is 6.23. The molecule has 1 fully saturated rings. The van der Waals surface area contributed by atoms with Crippen LogP contribution in [0, 0.1) is 0 Å². The summed E-state index contributed by atoms with van der Waals surface area (Å²) in [5.74, 6) is 0. The van der Waals surface area contributed by atoms with E-state index in [1.165, 1.54) is 25.7 Å². The maximum atomic E-state index is 9.21. The molecule has 0 bridgehead atoms. The van der Waals surface area contributed by atoms with Gasteiger partial charge in [0, 0.05) is 23.3 Å². The van der Waals surface area contributed by atoms with Crippen LogP contribution in [0.2, 0.25) is 5.02 Å². The summed E-state index contributed by atoms with van der Waals surface area (Å²) in [4.78, 5) is 2.24. The van der Waals surface area contributed by atoms with Gasteiger partial charge in [-0.2, -0.15) is 0 Å². The lowest BCUT2D eigenvalue weighted by Crippen LogP contribution is -2.35. The van der Waals surface area contributed by atoms with Crippen molar-refractivity contribution >= 4 is 17.3 Å². The van der Waals surface area contributed by atoms with Gasteiger partial charge < -0.3 is 15.1 Å². The molecule has 1 aromatic carbocycles. The van der Waals surface area contributed by atoms with Crippen molar-refractivity contribution in [3.05, 3.63) is 28.8 Å². The molecule has 0 aromatic heterocycles. The third-order valence-electron chi connectivity index (χ3n) is 3.65. The van der Waals surface area contributed by atoms with Crippen LogP contribution in [0.5, 0.6) is 0 Å². The lowest BCUT2D eigenvalue weighted by molar-refractivity contribution is 0.282. The van der Waals surface area contributed by atoms with Crippen molar-refractivity contribution in [3.8, 4) is 0 Å². The zero-order valence-electron chi connectivity index (χ0n) is 10.5. The topological polar surface area (TPSA) is 43.7 Å². The highest BCUT2D eigenvalue weighted by molar-refractivity contribution is 6.31. The normalized spacial score (nSPS) is 16.2. The Morgan fingerprint density at radius 3 is 2.50 bits per heavy atom. The van der Waals surface area contributed by atoms with E-state index in [0.717, 1.165) is 11.3 Å². The van der Waals surface area contributed by atoms with E-state index in [2.05, 4.69) is 4.90 Å². The molecule has 100 valence electrons. The molecule has 0 aliphatic heterocycles. The quantitative estimate of drug-likeness (QED) is 0.864. The molecule has 0 atom stereocenters. The van der Waals surface area contributed by atoms with Crippen LogP contribution in [-0.2, 0) is 6.61 Å². The van der Waals surface area contributed by atoms with E-state index in [9.17, 15) is 5.11 Å². The van der Waals surface area contributed by atoms with Gasteiger partial charge in [-0.05, 0) is 30.5 Å². The molecule has 0 heterocycles. The van der Waals surface area contributed by atoms with Crippen molar-refractivity contribution in [2.24, 2.45) is 0 Å². The first-order chi connectivity index (χ1) is 8.76. The summed E-state index contributed by atoms with van der Waals surface area (Å²) in [7, 11) is 0. The average molecular weight is 270 g/mol. The van der Waals surface area contributed by atoms with E-state index < -0.39 is 0 Å². The van der Waals surface area contributed by atoms with Gasteiger partial charge >= 0.3 is 0 Å². The Morgan fingerprint density at radius 1 is 1.22 bits per heavy atom. The molecule has 1 saturated carbocycles. The van der Waals surface area contributed by atoms with Crippen LogP contribution in [0.1, 0.15) is 31.2 Å². The molecule has 0 unspecified atom stereocenters. The van der Waals surface area contributed by atoms with Crippen molar-refractivity contribution in [1.82, 2.24) is 0 Å². The lowest BCUT2D eigenvalue weighted by atomic mass is 10.1. The SMILES string of the molecule is OCCN(c1ccc(CO)c(Cl)c1)C1CCCC1. The van der Waals surface area contributed by atoms with Gasteiger partial charge in [0.25, 0.3) is 0 Å². The number of nitrogens with zero attached hydrogens (tertiary/aromatic N) is 1. The molecule has 0 saturated heterocycles. The van der Waals surface area contributed by atoms with Crippen LogP contribution in [0.15, 0.2) is 18.2 Å². The van der Waals surface area contributed by atoms with Crippen molar-refractivity contribution in [2.45, 2.75) is 38.3 Å². The molecule has 1 aromatic rings. The maximum absolute atomic E-state index is 9.21. The Labute approximate surface area is 113 Å². The second-order valence-corrected chi connectivity index (χ2v) is 5.20. The molecule has 2 N–H and O–H groups in total. The highest BCUT2D eigenvalue weighted by Gasteiger charge is 2.22. The van der Waals surface area contributed by atoms with Crippen LogP contribution in [0.4, 0.5) is 5.69 Å². The van der Waals surface area contributed by atoms with E-state index in [4.69, 9.17) is 16.7 Å². The summed E-state index contributed by atoms with van der Waals surface area (Å²) in [6.45, 7) is 0.748. The Balaban J connectivity index is 2.21. The number of halogens is 1. The molecule has 1 aliphatic carbocycles. The fourth-order valence-electron chi connectivity index (χ4n) is 2.69. The summed E-state index contributed by atoms with van der Waals surface area (Å²) in [5, 5.41) is 18.9.